The Morgan fingerprint density at radius 2 is 2.20 bits per heavy atom. The molecule has 2 rings (SSSR count). The third-order valence-corrected chi connectivity index (χ3v) is 4.75. The van der Waals surface area contributed by atoms with Crippen molar-refractivity contribution in [2.45, 2.75) is 26.4 Å². The third-order valence-electron chi connectivity index (χ3n) is 3.18. The minimum absolute atomic E-state index is 0.208. The molecule has 0 fully saturated rings. The Balaban J connectivity index is 2.03. The predicted molar refractivity (Wildman–Crippen MR) is 85.4 cm³/mol. The number of carboxylic acids is 1. The molecular weight excluding hydrogens is 338 g/mol. The monoisotopic (exact) mass is 353 g/mol. The molecule has 0 saturated heterocycles. The Hall–Kier alpha value is -1.17. The number of halogens is 1. The van der Waals surface area contributed by atoms with Gasteiger partial charge in [0.1, 0.15) is 4.88 Å². The second kappa shape index (κ2) is 6.52. The normalized spacial score (nSPS) is 12.3. The maximum absolute atomic E-state index is 10.9. The molecule has 2 N–H and O–H groups in total. The molecular formula is C15H16BrNO2S. The summed E-state index contributed by atoms with van der Waals surface area (Å²) in [6, 6.07) is 10.1. The van der Waals surface area contributed by atoms with E-state index in [0.717, 1.165) is 14.9 Å². The van der Waals surface area contributed by atoms with Gasteiger partial charge in [0.25, 0.3) is 0 Å². The second-order valence-corrected chi connectivity index (χ2v) is 6.83. The van der Waals surface area contributed by atoms with Crippen molar-refractivity contribution in [1.82, 2.24) is 5.32 Å². The topological polar surface area (TPSA) is 49.3 Å². The van der Waals surface area contributed by atoms with Gasteiger partial charge in [-0.3, -0.25) is 0 Å². The zero-order valence-electron chi connectivity index (χ0n) is 11.3. The van der Waals surface area contributed by atoms with Gasteiger partial charge in [0.05, 0.1) is 0 Å². The average Bonchev–Trinajstić information content (AvgIpc) is 2.77. The highest BCUT2D eigenvalue weighted by molar-refractivity contribution is 9.10. The average molecular weight is 354 g/mol. The first-order valence-electron chi connectivity index (χ1n) is 6.29. The molecule has 1 heterocycles. The summed E-state index contributed by atoms with van der Waals surface area (Å²) in [6.07, 6.45) is 0. The van der Waals surface area contributed by atoms with E-state index in [9.17, 15) is 4.79 Å². The largest absolute Gasteiger partial charge is 0.477 e. The van der Waals surface area contributed by atoms with Crippen LogP contribution in [0.3, 0.4) is 0 Å². The van der Waals surface area contributed by atoms with E-state index in [0.29, 0.717) is 11.4 Å². The Kier molecular flexibility index (Phi) is 4.96. The van der Waals surface area contributed by atoms with Crippen molar-refractivity contribution in [2.75, 3.05) is 0 Å². The number of rotatable bonds is 5. The number of hydrogen-bond acceptors (Lipinski definition) is 3. The number of carbonyl (C=O) groups is 1. The molecule has 0 unspecified atom stereocenters. The first-order chi connectivity index (χ1) is 9.47. The quantitative estimate of drug-likeness (QED) is 0.838. The van der Waals surface area contributed by atoms with Crippen molar-refractivity contribution in [3.63, 3.8) is 0 Å². The van der Waals surface area contributed by atoms with Gasteiger partial charge >= 0.3 is 5.97 Å². The van der Waals surface area contributed by atoms with Crippen LogP contribution >= 0.6 is 27.3 Å². The van der Waals surface area contributed by atoms with Crippen LogP contribution in [0, 0.1) is 6.92 Å². The molecule has 0 saturated carbocycles. The summed E-state index contributed by atoms with van der Waals surface area (Å²) in [4.78, 5) is 12.4. The molecule has 1 atom stereocenters. The van der Waals surface area contributed by atoms with E-state index in [-0.39, 0.29) is 6.04 Å². The lowest BCUT2D eigenvalue weighted by Gasteiger charge is -2.14. The Bertz CT molecular complexity index is 624. The van der Waals surface area contributed by atoms with Crippen LogP contribution < -0.4 is 5.32 Å². The van der Waals surface area contributed by atoms with E-state index < -0.39 is 5.97 Å². The SMILES string of the molecule is Cc1sc(C(=O)O)cc1CN[C@H](C)c1cccc(Br)c1. The van der Waals surface area contributed by atoms with Crippen molar-refractivity contribution < 1.29 is 9.90 Å². The lowest BCUT2D eigenvalue weighted by Crippen LogP contribution is -2.18. The Labute approximate surface area is 130 Å². The molecule has 106 valence electrons. The van der Waals surface area contributed by atoms with E-state index in [1.807, 2.05) is 19.1 Å². The minimum Gasteiger partial charge on any atom is -0.477 e. The lowest BCUT2D eigenvalue weighted by molar-refractivity contribution is 0.0702. The van der Waals surface area contributed by atoms with Gasteiger partial charge in [-0.15, -0.1) is 11.3 Å². The zero-order chi connectivity index (χ0) is 14.7. The van der Waals surface area contributed by atoms with Crippen LogP contribution in [0.25, 0.3) is 0 Å². The fourth-order valence-corrected chi connectivity index (χ4v) is 3.26. The summed E-state index contributed by atoms with van der Waals surface area (Å²) in [5.41, 5.74) is 2.25. The van der Waals surface area contributed by atoms with Gasteiger partial charge in [-0.25, -0.2) is 4.79 Å². The zero-order valence-corrected chi connectivity index (χ0v) is 13.7. The number of nitrogens with one attached hydrogen (secondary N) is 1. The summed E-state index contributed by atoms with van der Waals surface area (Å²) in [7, 11) is 0. The highest BCUT2D eigenvalue weighted by Gasteiger charge is 2.12. The second-order valence-electron chi connectivity index (χ2n) is 4.65. The van der Waals surface area contributed by atoms with Crippen LogP contribution in [0.15, 0.2) is 34.8 Å². The molecule has 1 aromatic carbocycles. The van der Waals surface area contributed by atoms with E-state index in [1.165, 1.54) is 16.9 Å². The van der Waals surface area contributed by atoms with Crippen molar-refractivity contribution in [1.29, 1.82) is 0 Å². The highest BCUT2D eigenvalue weighted by Crippen LogP contribution is 2.23. The van der Waals surface area contributed by atoms with Crippen molar-refractivity contribution >= 4 is 33.2 Å². The van der Waals surface area contributed by atoms with E-state index in [2.05, 4.69) is 40.3 Å². The molecule has 0 aliphatic rings. The molecule has 1 aromatic heterocycles. The van der Waals surface area contributed by atoms with Crippen LogP contribution in [0.1, 0.15) is 38.6 Å². The smallest absolute Gasteiger partial charge is 0.345 e. The Morgan fingerprint density at radius 1 is 1.45 bits per heavy atom. The number of thiophene rings is 1. The van der Waals surface area contributed by atoms with E-state index in [1.54, 1.807) is 6.07 Å². The van der Waals surface area contributed by atoms with Gasteiger partial charge in [-0.2, -0.15) is 0 Å². The molecule has 3 nitrogen and oxygen atoms in total. The van der Waals surface area contributed by atoms with Gasteiger partial charge in [0.2, 0.25) is 0 Å². The molecule has 0 spiro atoms. The maximum Gasteiger partial charge on any atom is 0.345 e. The molecule has 20 heavy (non-hydrogen) atoms. The number of benzene rings is 1. The first-order valence-corrected chi connectivity index (χ1v) is 7.89. The van der Waals surface area contributed by atoms with Crippen molar-refractivity contribution in [3.8, 4) is 0 Å². The third kappa shape index (κ3) is 3.69. The molecule has 0 aliphatic heterocycles. The standard InChI is InChI=1S/C15H16BrNO2S/c1-9(11-4-3-5-13(16)6-11)17-8-12-7-14(15(18)19)20-10(12)2/h3-7,9,17H,8H2,1-2H3,(H,18,19)/t9-/m1/s1. The number of carboxylic acid groups (broad SMARTS) is 1. The molecule has 0 amide bonds. The first kappa shape index (κ1) is 15.2. The van der Waals surface area contributed by atoms with Crippen LogP contribution in [0.4, 0.5) is 0 Å². The summed E-state index contributed by atoms with van der Waals surface area (Å²) in [6.45, 7) is 4.72. The predicted octanol–water partition coefficient (Wildman–Crippen LogP) is 4.37. The van der Waals surface area contributed by atoms with Gasteiger partial charge in [0, 0.05) is 21.9 Å². The highest BCUT2D eigenvalue weighted by atomic mass is 79.9. The van der Waals surface area contributed by atoms with E-state index in [4.69, 9.17) is 5.11 Å². The van der Waals surface area contributed by atoms with Crippen LogP contribution in [-0.2, 0) is 6.54 Å². The molecule has 5 heteroatoms. The molecule has 0 radical (unpaired) electrons. The molecule has 0 aliphatic carbocycles. The fraction of sp³-hybridized carbons (Fsp3) is 0.267. The van der Waals surface area contributed by atoms with Crippen molar-refractivity contribution in [3.05, 3.63) is 55.7 Å². The Morgan fingerprint density at radius 3 is 2.80 bits per heavy atom. The molecule has 0 bridgehead atoms. The van der Waals surface area contributed by atoms with Gasteiger partial charge in [-0.05, 0) is 43.2 Å². The van der Waals surface area contributed by atoms with Crippen LogP contribution in [-0.4, -0.2) is 11.1 Å². The summed E-state index contributed by atoms with van der Waals surface area (Å²) in [5.74, 6) is -0.857. The fourth-order valence-electron chi connectivity index (χ4n) is 1.96. The summed E-state index contributed by atoms with van der Waals surface area (Å²) in [5, 5.41) is 12.4. The van der Waals surface area contributed by atoms with Crippen LogP contribution in [0.5, 0.6) is 0 Å². The lowest BCUT2D eigenvalue weighted by atomic mass is 10.1. The summed E-state index contributed by atoms with van der Waals surface area (Å²) >= 11 is 4.79. The minimum atomic E-state index is -0.857. The van der Waals surface area contributed by atoms with E-state index >= 15 is 0 Å². The van der Waals surface area contributed by atoms with Crippen molar-refractivity contribution in [2.24, 2.45) is 0 Å². The number of hydrogen-bond donors (Lipinski definition) is 2. The van der Waals surface area contributed by atoms with Gasteiger partial charge in [-0.1, -0.05) is 28.1 Å². The summed E-state index contributed by atoms with van der Waals surface area (Å²) < 4.78 is 1.06. The van der Waals surface area contributed by atoms with Gasteiger partial charge < -0.3 is 10.4 Å². The number of aromatic carboxylic acids is 1. The number of aryl methyl sites for hydroxylation is 1. The van der Waals surface area contributed by atoms with Crippen LogP contribution in [0.2, 0.25) is 0 Å². The maximum atomic E-state index is 10.9. The molecule has 2 aromatic rings. The van der Waals surface area contributed by atoms with Gasteiger partial charge in [0.15, 0.2) is 0 Å².